The Bertz CT molecular complexity index is 925. The van der Waals surface area contributed by atoms with Gasteiger partial charge in [0, 0.05) is 45.0 Å². The van der Waals surface area contributed by atoms with Gasteiger partial charge in [-0.25, -0.2) is 4.79 Å². The highest BCUT2D eigenvalue weighted by molar-refractivity contribution is 5.96. The molecule has 0 aromatic heterocycles. The van der Waals surface area contributed by atoms with E-state index >= 15 is 0 Å². The minimum atomic E-state index is -0.148. The molecule has 31 heavy (non-hydrogen) atoms. The average molecular weight is 425 g/mol. The van der Waals surface area contributed by atoms with Crippen molar-refractivity contribution in [2.45, 2.75) is 6.92 Å². The van der Waals surface area contributed by atoms with Gasteiger partial charge in [-0.3, -0.25) is 9.69 Å². The van der Waals surface area contributed by atoms with Crippen LogP contribution in [0, 0.1) is 0 Å². The minimum Gasteiger partial charge on any atom is -0.506 e. The van der Waals surface area contributed by atoms with Gasteiger partial charge < -0.3 is 24.5 Å². The second kappa shape index (κ2) is 9.16. The Labute approximate surface area is 182 Å². The molecule has 0 radical (unpaired) electrons. The molecule has 0 atom stereocenters. The Hall–Kier alpha value is -3.42. The van der Waals surface area contributed by atoms with Crippen LogP contribution >= 0.6 is 0 Å². The summed E-state index contributed by atoms with van der Waals surface area (Å²) in [5, 5.41) is 10.0. The number of carbonyl (C=O) groups is 2. The number of piperazine rings is 1. The lowest BCUT2D eigenvalue weighted by Gasteiger charge is -2.36. The summed E-state index contributed by atoms with van der Waals surface area (Å²) >= 11 is 0. The molecule has 0 saturated carbocycles. The summed E-state index contributed by atoms with van der Waals surface area (Å²) in [6.07, 6.45) is 0. The van der Waals surface area contributed by atoms with E-state index in [0.717, 1.165) is 17.1 Å². The van der Waals surface area contributed by atoms with Crippen molar-refractivity contribution in [2.24, 2.45) is 0 Å². The highest BCUT2D eigenvalue weighted by Crippen LogP contribution is 2.27. The highest BCUT2D eigenvalue weighted by Gasteiger charge is 2.32. The Balaban J connectivity index is 1.30. The van der Waals surface area contributed by atoms with E-state index in [4.69, 9.17) is 4.74 Å². The van der Waals surface area contributed by atoms with E-state index in [-0.39, 0.29) is 24.2 Å². The topological polar surface area (TPSA) is 76.6 Å². The SMILES string of the molecule is CCOc1ccc(N2CCN(CC(=O)N3CCN(c4ccccc4O)CC3)C2=O)cc1. The standard InChI is InChI=1S/C23H28N4O4/c1-2-31-19-9-7-18(8-10-19)27-16-15-26(23(27)30)17-22(29)25-13-11-24(12-14-25)20-5-3-4-6-21(20)28/h3-10,28H,2,11-17H2,1H3. The number of urea groups is 1. The van der Waals surface area contributed by atoms with Gasteiger partial charge in [-0.1, -0.05) is 12.1 Å². The molecule has 8 nitrogen and oxygen atoms in total. The highest BCUT2D eigenvalue weighted by atomic mass is 16.5. The summed E-state index contributed by atoms with van der Waals surface area (Å²) in [6.45, 7) is 6.12. The number of ether oxygens (including phenoxy) is 1. The minimum absolute atomic E-state index is 0.0428. The van der Waals surface area contributed by atoms with Crippen LogP contribution in [-0.4, -0.2) is 79.3 Å². The summed E-state index contributed by atoms with van der Waals surface area (Å²) in [5.41, 5.74) is 1.59. The smallest absolute Gasteiger partial charge is 0.325 e. The fourth-order valence-corrected chi connectivity index (χ4v) is 4.05. The lowest BCUT2D eigenvalue weighted by Crippen LogP contribution is -2.51. The molecule has 0 unspecified atom stereocenters. The molecule has 0 spiro atoms. The zero-order chi connectivity index (χ0) is 21.8. The third kappa shape index (κ3) is 4.52. The zero-order valence-corrected chi connectivity index (χ0v) is 17.7. The first-order valence-electron chi connectivity index (χ1n) is 10.7. The van der Waals surface area contributed by atoms with E-state index in [0.29, 0.717) is 45.9 Å². The fourth-order valence-electron chi connectivity index (χ4n) is 4.05. The lowest BCUT2D eigenvalue weighted by molar-refractivity contribution is -0.131. The average Bonchev–Trinajstić information content (AvgIpc) is 3.15. The second-order valence-electron chi connectivity index (χ2n) is 7.64. The summed E-state index contributed by atoms with van der Waals surface area (Å²) in [6, 6.07) is 14.5. The van der Waals surface area contributed by atoms with Crippen LogP contribution in [0.15, 0.2) is 48.5 Å². The third-order valence-electron chi connectivity index (χ3n) is 5.74. The Morgan fingerprint density at radius 2 is 1.68 bits per heavy atom. The first kappa shape index (κ1) is 20.8. The van der Waals surface area contributed by atoms with Gasteiger partial charge in [0.15, 0.2) is 0 Å². The number of rotatable bonds is 6. The van der Waals surface area contributed by atoms with Crippen LogP contribution in [0.3, 0.4) is 0 Å². The number of carbonyl (C=O) groups excluding carboxylic acids is 2. The van der Waals surface area contributed by atoms with Crippen molar-refractivity contribution in [2.75, 3.05) is 62.2 Å². The van der Waals surface area contributed by atoms with E-state index in [1.165, 1.54) is 0 Å². The number of phenolic OH excluding ortho intramolecular Hbond substituents is 1. The predicted octanol–water partition coefficient (Wildman–Crippen LogP) is 2.38. The molecular weight excluding hydrogens is 396 g/mol. The summed E-state index contributed by atoms with van der Waals surface area (Å²) in [4.78, 5) is 32.8. The van der Waals surface area contributed by atoms with Crippen LogP contribution in [0.2, 0.25) is 0 Å². The van der Waals surface area contributed by atoms with Crippen LogP contribution in [0.1, 0.15) is 6.92 Å². The number of nitrogens with zero attached hydrogens (tertiary/aromatic N) is 4. The first-order valence-corrected chi connectivity index (χ1v) is 10.7. The van der Waals surface area contributed by atoms with Crippen molar-refractivity contribution in [3.63, 3.8) is 0 Å². The molecule has 2 saturated heterocycles. The van der Waals surface area contributed by atoms with Crippen LogP contribution < -0.4 is 14.5 Å². The molecule has 3 amide bonds. The number of phenols is 1. The van der Waals surface area contributed by atoms with Crippen molar-refractivity contribution in [3.05, 3.63) is 48.5 Å². The van der Waals surface area contributed by atoms with Crippen molar-refractivity contribution in [1.82, 2.24) is 9.80 Å². The second-order valence-corrected chi connectivity index (χ2v) is 7.64. The number of aromatic hydroxyl groups is 1. The van der Waals surface area contributed by atoms with Crippen LogP contribution in [0.4, 0.5) is 16.2 Å². The van der Waals surface area contributed by atoms with E-state index in [2.05, 4.69) is 4.90 Å². The van der Waals surface area contributed by atoms with Gasteiger partial charge in [0.1, 0.15) is 18.0 Å². The maximum Gasteiger partial charge on any atom is 0.325 e. The molecule has 2 aromatic rings. The predicted molar refractivity (Wildman–Crippen MR) is 119 cm³/mol. The molecule has 2 aliphatic rings. The largest absolute Gasteiger partial charge is 0.506 e. The van der Waals surface area contributed by atoms with Crippen molar-refractivity contribution >= 4 is 23.3 Å². The number of para-hydroxylation sites is 2. The third-order valence-corrected chi connectivity index (χ3v) is 5.74. The molecule has 4 rings (SSSR count). The fraction of sp³-hybridized carbons (Fsp3) is 0.391. The number of amides is 3. The van der Waals surface area contributed by atoms with E-state index in [9.17, 15) is 14.7 Å². The normalized spacial score (nSPS) is 16.7. The molecule has 2 fully saturated rings. The number of hydrogen-bond acceptors (Lipinski definition) is 5. The molecule has 2 aliphatic heterocycles. The van der Waals surface area contributed by atoms with E-state index in [1.54, 1.807) is 26.8 Å². The summed E-state index contributed by atoms with van der Waals surface area (Å²) < 4.78 is 5.45. The zero-order valence-electron chi connectivity index (χ0n) is 17.7. The van der Waals surface area contributed by atoms with E-state index in [1.807, 2.05) is 43.3 Å². The molecule has 0 aliphatic carbocycles. The Morgan fingerprint density at radius 1 is 0.968 bits per heavy atom. The maximum atomic E-state index is 12.8. The van der Waals surface area contributed by atoms with Gasteiger partial charge in [0.25, 0.3) is 0 Å². The molecule has 2 heterocycles. The van der Waals surface area contributed by atoms with Crippen LogP contribution in [0.5, 0.6) is 11.5 Å². The van der Waals surface area contributed by atoms with Gasteiger partial charge in [0.05, 0.1) is 12.3 Å². The molecule has 0 bridgehead atoms. The van der Waals surface area contributed by atoms with Crippen molar-refractivity contribution in [1.29, 1.82) is 0 Å². The maximum absolute atomic E-state index is 12.8. The van der Waals surface area contributed by atoms with Gasteiger partial charge in [0.2, 0.25) is 5.91 Å². The number of benzene rings is 2. The Morgan fingerprint density at radius 3 is 2.35 bits per heavy atom. The first-order chi connectivity index (χ1) is 15.1. The van der Waals surface area contributed by atoms with Crippen LogP contribution in [-0.2, 0) is 4.79 Å². The number of hydrogen-bond donors (Lipinski definition) is 1. The molecular formula is C23H28N4O4. The van der Waals surface area contributed by atoms with Crippen molar-refractivity contribution < 1.29 is 19.4 Å². The summed E-state index contributed by atoms with van der Waals surface area (Å²) in [5.74, 6) is 0.978. The van der Waals surface area contributed by atoms with Gasteiger partial charge in [-0.2, -0.15) is 0 Å². The quantitative estimate of drug-likeness (QED) is 0.771. The lowest BCUT2D eigenvalue weighted by atomic mass is 10.2. The molecule has 8 heteroatoms. The molecule has 2 aromatic carbocycles. The van der Waals surface area contributed by atoms with Gasteiger partial charge in [-0.05, 0) is 43.3 Å². The summed E-state index contributed by atoms with van der Waals surface area (Å²) in [7, 11) is 0. The van der Waals surface area contributed by atoms with Crippen LogP contribution in [0.25, 0.3) is 0 Å². The van der Waals surface area contributed by atoms with Crippen molar-refractivity contribution in [3.8, 4) is 11.5 Å². The van der Waals surface area contributed by atoms with E-state index < -0.39 is 0 Å². The monoisotopic (exact) mass is 424 g/mol. The Kier molecular flexibility index (Phi) is 6.16. The van der Waals surface area contributed by atoms with Gasteiger partial charge >= 0.3 is 6.03 Å². The number of anilines is 2. The molecule has 1 N–H and O–H groups in total. The van der Waals surface area contributed by atoms with Gasteiger partial charge in [-0.15, -0.1) is 0 Å². The molecule has 164 valence electrons.